The number of anilines is 1. The fourth-order valence-electron chi connectivity index (χ4n) is 4.30. The van der Waals surface area contributed by atoms with Gasteiger partial charge in [-0.3, -0.25) is 0 Å². The zero-order valence-corrected chi connectivity index (χ0v) is 22.6. The highest BCUT2D eigenvalue weighted by atomic mass is 16.5. The quantitative estimate of drug-likeness (QED) is 0.275. The van der Waals surface area contributed by atoms with E-state index in [0.29, 0.717) is 49.4 Å². The van der Waals surface area contributed by atoms with Gasteiger partial charge in [-0.15, -0.1) is 0 Å². The lowest BCUT2D eigenvalue weighted by molar-refractivity contribution is -0.149. The number of urea groups is 1. The van der Waals surface area contributed by atoms with Crippen LogP contribution in [0.1, 0.15) is 52.0 Å². The van der Waals surface area contributed by atoms with Crippen LogP contribution in [-0.2, 0) is 16.0 Å². The Morgan fingerprint density at radius 1 is 1.00 bits per heavy atom. The molecular formula is C29H42N2O6. The van der Waals surface area contributed by atoms with Crippen molar-refractivity contribution in [3.05, 3.63) is 54.1 Å². The summed E-state index contributed by atoms with van der Waals surface area (Å²) in [6, 6.07) is 14.5. The van der Waals surface area contributed by atoms with Crippen molar-refractivity contribution in [2.45, 2.75) is 59.0 Å². The van der Waals surface area contributed by atoms with Crippen LogP contribution in [0.2, 0.25) is 0 Å². The van der Waals surface area contributed by atoms with Gasteiger partial charge in [-0.2, -0.15) is 0 Å². The molecule has 8 nitrogen and oxygen atoms in total. The second kappa shape index (κ2) is 16.5. The van der Waals surface area contributed by atoms with Gasteiger partial charge < -0.3 is 29.5 Å². The molecule has 204 valence electrons. The minimum absolute atomic E-state index is 0.184. The Morgan fingerprint density at radius 3 is 2.27 bits per heavy atom. The van der Waals surface area contributed by atoms with Crippen LogP contribution < -0.4 is 14.8 Å². The van der Waals surface area contributed by atoms with Crippen LogP contribution in [0.3, 0.4) is 0 Å². The summed E-state index contributed by atoms with van der Waals surface area (Å²) in [7, 11) is 1.58. The zero-order valence-electron chi connectivity index (χ0n) is 22.6. The number of amides is 2. The van der Waals surface area contributed by atoms with Gasteiger partial charge in [0.15, 0.2) is 6.10 Å². The van der Waals surface area contributed by atoms with Gasteiger partial charge in [-0.25, -0.2) is 9.59 Å². The number of carboxylic acid groups (broad SMARTS) is 1. The molecular weight excluding hydrogens is 472 g/mol. The third kappa shape index (κ3) is 10.3. The Morgan fingerprint density at radius 2 is 1.68 bits per heavy atom. The van der Waals surface area contributed by atoms with Crippen molar-refractivity contribution in [1.82, 2.24) is 4.90 Å². The second-order valence-electron chi connectivity index (χ2n) is 9.00. The van der Waals surface area contributed by atoms with Crippen molar-refractivity contribution < 1.29 is 28.9 Å². The predicted molar refractivity (Wildman–Crippen MR) is 146 cm³/mol. The Labute approximate surface area is 220 Å². The molecule has 0 heterocycles. The molecule has 0 radical (unpaired) electrons. The number of para-hydroxylation sites is 2. The normalized spacial score (nSPS) is 11.7. The predicted octanol–water partition coefficient (Wildman–Crippen LogP) is 5.86. The molecule has 1 atom stereocenters. The molecule has 0 aliphatic carbocycles. The maximum absolute atomic E-state index is 13.3. The first kappa shape index (κ1) is 30.0. The molecule has 2 aromatic carbocycles. The minimum Gasteiger partial charge on any atom is -0.495 e. The van der Waals surface area contributed by atoms with E-state index in [1.165, 1.54) is 0 Å². The van der Waals surface area contributed by atoms with E-state index >= 15 is 0 Å². The van der Waals surface area contributed by atoms with Crippen molar-refractivity contribution in [2.75, 3.05) is 38.7 Å². The van der Waals surface area contributed by atoms with Crippen molar-refractivity contribution in [2.24, 2.45) is 5.92 Å². The fraction of sp³-hybridized carbons (Fsp3) is 0.517. The third-order valence-electron chi connectivity index (χ3n) is 6.13. The number of hydrogen-bond acceptors (Lipinski definition) is 5. The highest BCUT2D eigenvalue weighted by Crippen LogP contribution is 2.24. The topological polar surface area (TPSA) is 97.3 Å². The van der Waals surface area contributed by atoms with E-state index in [0.717, 1.165) is 31.2 Å². The van der Waals surface area contributed by atoms with Gasteiger partial charge >= 0.3 is 12.0 Å². The monoisotopic (exact) mass is 514 g/mol. The van der Waals surface area contributed by atoms with Gasteiger partial charge in [0.25, 0.3) is 0 Å². The molecule has 2 aromatic rings. The number of carboxylic acids is 1. The lowest BCUT2D eigenvalue weighted by Crippen LogP contribution is -2.41. The maximum Gasteiger partial charge on any atom is 0.333 e. The van der Waals surface area contributed by atoms with Gasteiger partial charge in [-0.1, -0.05) is 51.0 Å². The Bertz CT molecular complexity index is 944. The molecule has 2 rings (SSSR count). The smallest absolute Gasteiger partial charge is 0.333 e. The van der Waals surface area contributed by atoms with E-state index < -0.39 is 12.1 Å². The largest absolute Gasteiger partial charge is 0.495 e. The molecule has 0 aliphatic heterocycles. The van der Waals surface area contributed by atoms with E-state index in [-0.39, 0.29) is 12.5 Å². The van der Waals surface area contributed by atoms with Crippen molar-refractivity contribution >= 4 is 17.7 Å². The highest BCUT2D eigenvalue weighted by molar-refractivity contribution is 5.91. The number of aliphatic carboxylic acids is 1. The minimum atomic E-state index is -0.974. The van der Waals surface area contributed by atoms with Crippen LogP contribution in [0.15, 0.2) is 48.5 Å². The average molecular weight is 515 g/mol. The zero-order chi connectivity index (χ0) is 27.0. The van der Waals surface area contributed by atoms with Crippen LogP contribution >= 0.6 is 0 Å². The van der Waals surface area contributed by atoms with Crippen molar-refractivity contribution in [3.8, 4) is 11.5 Å². The molecule has 0 bridgehead atoms. The second-order valence-corrected chi connectivity index (χ2v) is 9.00. The molecule has 0 aromatic heterocycles. The van der Waals surface area contributed by atoms with Crippen LogP contribution in [0.5, 0.6) is 11.5 Å². The first-order valence-corrected chi connectivity index (χ1v) is 13.2. The van der Waals surface area contributed by atoms with Crippen LogP contribution in [0, 0.1) is 5.92 Å². The van der Waals surface area contributed by atoms with Gasteiger partial charge in [-0.05, 0) is 55.5 Å². The van der Waals surface area contributed by atoms with E-state index in [9.17, 15) is 14.7 Å². The molecule has 37 heavy (non-hydrogen) atoms. The summed E-state index contributed by atoms with van der Waals surface area (Å²) in [6.45, 7) is 7.87. The van der Waals surface area contributed by atoms with Crippen LogP contribution in [0.25, 0.3) is 0 Å². The molecule has 0 saturated carbocycles. The number of benzene rings is 2. The number of carbonyl (C=O) groups excluding carboxylic acids is 1. The molecule has 0 saturated heterocycles. The van der Waals surface area contributed by atoms with E-state index in [1.807, 2.05) is 53.4 Å². The number of rotatable bonds is 17. The summed E-state index contributed by atoms with van der Waals surface area (Å²) in [4.78, 5) is 26.4. The number of methoxy groups -OCH3 is 1. The highest BCUT2D eigenvalue weighted by Gasteiger charge is 2.20. The average Bonchev–Trinajstić information content (AvgIpc) is 2.89. The molecule has 2 amide bonds. The standard InChI is InChI=1S/C29H42N2O6/c1-5-10-23(11-6-2)21-31(29(34)30-25-12-8-9-13-26(25)35-4)18-19-37-24-16-14-22(15-17-24)20-27(28(32)33)36-7-3/h8-9,12-17,23,27H,5-7,10-11,18-21H2,1-4H3,(H,30,34)(H,32,33). The first-order valence-electron chi connectivity index (χ1n) is 13.2. The molecule has 2 N–H and O–H groups in total. The van der Waals surface area contributed by atoms with Crippen LogP contribution in [-0.4, -0.2) is 61.5 Å². The van der Waals surface area contributed by atoms with Crippen molar-refractivity contribution in [3.63, 3.8) is 0 Å². The summed E-state index contributed by atoms with van der Waals surface area (Å²) in [5.41, 5.74) is 1.48. The summed E-state index contributed by atoms with van der Waals surface area (Å²) in [6.07, 6.45) is 3.69. The lowest BCUT2D eigenvalue weighted by Gasteiger charge is -2.28. The summed E-state index contributed by atoms with van der Waals surface area (Å²) in [5, 5.41) is 12.3. The Hall–Kier alpha value is -3.26. The Kier molecular flexibility index (Phi) is 13.3. The van der Waals surface area contributed by atoms with E-state index in [4.69, 9.17) is 14.2 Å². The lowest BCUT2D eigenvalue weighted by atomic mass is 9.98. The third-order valence-corrected chi connectivity index (χ3v) is 6.13. The van der Waals surface area contributed by atoms with Gasteiger partial charge in [0.05, 0.1) is 19.3 Å². The summed E-state index contributed by atoms with van der Waals surface area (Å²) < 4.78 is 16.6. The van der Waals surface area contributed by atoms with Gasteiger partial charge in [0.1, 0.15) is 18.1 Å². The number of nitrogens with zero attached hydrogens (tertiary/aromatic N) is 1. The fourth-order valence-corrected chi connectivity index (χ4v) is 4.30. The molecule has 0 spiro atoms. The number of hydrogen-bond donors (Lipinski definition) is 2. The molecule has 0 fully saturated rings. The molecule has 1 unspecified atom stereocenters. The van der Waals surface area contributed by atoms with E-state index in [1.54, 1.807) is 14.0 Å². The number of ether oxygens (including phenoxy) is 3. The SMILES string of the molecule is CCCC(CCC)CN(CCOc1ccc(CC(OCC)C(=O)O)cc1)C(=O)Nc1ccccc1OC. The molecule has 8 heteroatoms. The summed E-state index contributed by atoms with van der Waals surface area (Å²) in [5.74, 6) is 0.722. The van der Waals surface area contributed by atoms with E-state index in [2.05, 4.69) is 19.2 Å². The van der Waals surface area contributed by atoms with Crippen molar-refractivity contribution in [1.29, 1.82) is 0 Å². The molecule has 0 aliphatic rings. The number of carbonyl (C=O) groups is 2. The van der Waals surface area contributed by atoms with Gasteiger partial charge in [0, 0.05) is 19.6 Å². The number of nitrogens with one attached hydrogen (secondary N) is 1. The Balaban J connectivity index is 2.03. The maximum atomic E-state index is 13.3. The summed E-state index contributed by atoms with van der Waals surface area (Å²) >= 11 is 0. The van der Waals surface area contributed by atoms with Crippen LogP contribution in [0.4, 0.5) is 10.5 Å². The van der Waals surface area contributed by atoms with Gasteiger partial charge in [0.2, 0.25) is 0 Å². The first-order chi connectivity index (χ1) is 17.9.